The smallest absolute Gasteiger partial charge is 0.287 e. The van der Waals surface area contributed by atoms with Crippen LogP contribution in [-0.2, 0) is 0 Å². The molecule has 1 aromatic carbocycles. The number of hydrogen-bond acceptors (Lipinski definition) is 5. The maximum absolute atomic E-state index is 10.7. The monoisotopic (exact) mass is 338 g/mol. The summed E-state index contributed by atoms with van der Waals surface area (Å²) >= 11 is 1.44. The summed E-state index contributed by atoms with van der Waals surface area (Å²) in [6.45, 7) is 0. The van der Waals surface area contributed by atoms with Gasteiger partial charge in [0, 0.05) is 12.1 Å². The van der Waals surface area contributed by atoms with E-state index in [1.807, 2.05) is 24.4 Å². The van der Waals surface area contributed by atoms with E-state index in [0.717, 1.165) is 29.3 Å². The van der Waals surface area contributed by atoms with E-state index in [1.165, 1.54) is 24.0 Å². The lowest BCUT2D eigenvalue weighted by molar-refractivity contribution is -0.385. The fourth-order valence-corrected chi connectivity index (χ4v) is 3.44. The third kappa shape index (κ3) is 2.90. The lowest BCUT2D eigenvalue weighted by Gasteiger charge is -2.10. The molecule has 4 rings (SSSR count). The van der Waals surface area contributed by atoms with Gasteiger partial charge in [-0.1, -0.05) is 30.3 Å². The normalized spacial score (nSPS) is 13.8. The van der Waals surface area contributed by atoms with Crippen LogP contribution in [0.1, 0.15) is 18.9 Å². The van der Waals surface area contributed by atoms with Gasteiger partial charge in [-0.3, -0.25) is 10.1 Å². The fraction of sp³-hybridized carbons (Fsp3) is 0.176. The summed E-state index contributed by atoms with van der Waals surface area (Å²) in [5.74, 6) is 0. The number of hydrogen-bond donors (Lipinski definition) is 0. The molecule has 1 aliphatic carbocycles. The van der Waals surface area contributed by atoms with Crippen molar-refractivity contribution in [3.8, 4) is 11.3 Å². The zero-order chi connectivity index (χ0) is 16.5. The third-order valence-corrected chi connectivity index (χ3v) is 4.81. The molecule has 0 aliphatic heterocycles. The number of rotatable bonds is 5. The molecular formula is C17H14N4O2S. The summed E-state index contributed by atoms with van der Waals surface area (Å²) in [4.78, 5) is 19.0. The van der Waals surface area contributed by atoms with Gasteiger partial charge in [-0.15, -0.1) is 0 Å². The van der Waals surface area contributed by atoms with Gasteiger partial charge in [0.1, 0.15) is 11.2 Å². The molecule has 0 radical (unpaired) electrons. The third-order valence-electron chi connectivity index (χ3n) is 3.87. The first-order valence-electron chi connectivity index (χ1n) is 7.63. The number of pyridine rings is 1. The Morgan fingerprint density at radius 2 is 1.88 bits per heavy atom. The lowest BCUT2D eigenvalue weighted by atomic mass is 10.2. The highest BCUT2D eigenvalue weighted by Crippen LogP contribution is 2.42. The summed E-state index contributed by atoms with van der Waals surface area (Å²) in [6, 6.07) is 13.8. The first kappa shape index (κ1) is 14.9. The van der Waals surface area contributed by atoms with Crippen molar-refractivity contribution in [2.75, 3.05) is 0 Å². The SMILES string of the molecule is O=[N+]([O-])c1ccc(Sc2ncc(-c3ccccc3)n2C2CC2)nc1. The van der Waals surface area contributed by atoms with Crippen molar-refractivity contribution in [3.63, 3.8) is 0 Å². The fourth-order valence-electron chi connectivity index (χ4n) is 2.56. The molecule has 2 heterocycles. The molecule has 1 saturated carbocycles. The average molecular weight is 338 g/mol. The maximum atomic E-state index is 10.7. The number of benzene rings is 1. The second-order valence-corrected chi connectivity index (χ2v) is 6.59. The predicted octanol–water partition coefficient (Wildman–Crippen LogP) is 4.34. The first-order valence-corrected chi connectivity index (χ1v) is 8.45. The van der Waals surface area contributed by atoms with Crippen LogP contribution in [0.15, 0.2) is 65.0 Å². The summed E-state index contributed by atoms with van der Waals surface area (Å²) < 4.78 is 2.25. The summed E-state index contributed by atoms with van der Waals surface area (Å²) in [6.07, 6.45) is 5.47. The molecule has 3 aromatic rings. The Balaban J connectivity index is 1.66. The van der Waals surface area contributed by atoms with Gasteiger partial charge < -0.3 is 4.57 Å². The molecule has 120 valence electrons. The van der Waals surface area contributed by atoms with Crippen LogP contribution in [-0.4, -0.2) is 19.5 Å². The first-order chi connectivity index (χ1) is 11.7. The molecule has 0 atom stereocenters. The van der Waals surface area contributed by atoms with E-state index in [-0.39, 0.29) is 5.69 Å². The van der Waals surface area contributed by atoms with Gasteiger partial charge in [-0.25, -0.2) is 9.97 Å². The summed E-state index contributed by atoms with van der Waals surface area (Å²) in [5.41, 5.74) is 2.23. The van der Waals surface area contributed by atoms with Crippen LogP contribution < -0.4 is 0 Å². The molecule has 0 unspecified atom stereocenters. The van der Waals surface area contributed by atoms with Crippen molar-refractivity contribution in [1.29, 1.82) is 0 Å². The number of nitro groups is 1. The average Bonchev–Trinajstić information content (AvgIpc) is 3.37. The van der Waals surface area contributed by atoms with E-state index >= 15 is 0 Å². The van der Waals surface area contributed by atoms with E-state index in [9.17, 15) is 10.1 Å². The zero-order valence-corrected chi connectivity index (χ0v) is 13.5. The molecular weight excluding hydrogens is 324 g/mol. The van der Waals surface area contributed by atoms with Crippen LogP contribution in [0.5, 0.6) is 0 Å². The summed E-state index contributed by atoms with van der Waals surface area (Å²) in [5, 5.41) is 12.3. The maximum Gasteiger partial charge on any atom is 0.287 e. The van der Waals surface area contributed by atoms with Crippen molar-refractivity contribution in [2.45, 2.75) is 29.1 Å². The molecule has 1 fully saturated rings. The van der Waals surface area contributed by atoms with Crippen LogP contribution >= 0.6 is 11.8 Å². The minimum Gasteiger partial charge on any atom is -0.316 e. The van der Waals surface area contributed by atoms with E-state index in [1.54, 1.807) is 6.07 Å². The van der Waals surface area contributed by atoms with Gasteiger partial charge in [-0.05, 0) is 36.2 Å². The number of aromatic nitrogens is 3. The summed E-state index contributed by atoms with van der Waals surface area (Å²) in [7, 11) is 0. The van der Waals surface area contributed by atoms with E-state index < -0.39 is 4.92 Å². The lowest BCUT2D eigenvalue weighted by Crippen LogP contribution is -1.99. The van der Waals surface area contributed by atoms with E-state index in [4.69, 9.17) is 0 Å². The Morgan fingerprint density at radius 3 is 2.50 bits per heavy atom. The predicted molar refractivity (Wildman–Crippen MR) is 90.9 cm³/mol. The van der Waals surface area contributed by atoms with Gasteiger partial charge in [0.2, 0.25) is 0 Å². The molecule has 0 saturated heterocycles. The molecule has 0 spiro atoms. The molecule has 7 heteroatoms. The van der Waals surface area contributed by atoms with Gasteiger partial charge >= 0.3 is 0 Å². The van der Waals surface area contributed by atoms with Gasteiger partial charge in [0.25, 0.3) is 5.69 Å². The molecule has 1 aliphatic rings. The molecule has 0 amide bonds. The largest absolute Gasteiger partial charge is 0.316 e. The molecule has 6 nitrogen and oxygen atoms in total. The minimum absolute atomic E-state index is 0.00476. The Morgan fingerprint density at radius 1 is 1.08 bits per heavy atom. The highest BCUT2D eigenvalue weighted by molar-refractivity contribution is 7.99. The topological polar surface area (TPSA) is 73.8 Å². The van der Waals surface area contributed by atoms with E-state index in [2.05, 4.69) is 26.7 Å². The van der Waals surface area contributed by atoms with Crippen molar-refractivity contribution in [2.24, 2.45) is 0 Å². The second-order valence-electron chi connectivity index (χ2n) is 5.61. The number of nitrogens with zero attached hydrogens (tertiary/aromatic N) is 4. The van der Waals surface area contributed by atoms with Crippen LogP contribution in [0.4, 0.5) is 5.69 Å². The standard InChI is InChI=1S/C17H14N4O2S/c22-21(23)14-8-9-16(18-10-14)24-17-19-11-15(20(17)13-6-7-13)12-4-2-1-3-5-12/h1-5,8-11,13H,6-7H2. The number of imidazole rings is 1. The van der Waals surface area contributed by atoms with Crippen molar-refractivity contribution < 1.29 is 4.92 Å². The van der Waals surface area contributed by atoms with Crippen molar-refractivity contribution in [1.82, 2.24) is 14.5 Å². The highest BCUT2D eigenvalue weighted by Gasteiger charge is 2.29. The second kappa shape index (κ2) is 6.09. The molecule has 24 heavy (non-hydrogen) atoms. The van der Waals surface area contributed by atoms with Crippen LogP contribution in [0.2, 0.25) is 0 Å². The van der Waals surface area contributed by atoms with Gasteiger partial charge in [0.15, 0.2) is 5.16 Å². The van der Waals surface area contributed by atoms with Crippen molar-refractivity contribution >= 4 is 17.4 Å². The molecule has 0 bridgehead atoms. The molecule has 0 N–H and O–H groups in total. The highest BCUT2D eigenvalue weighted by atomic mass is 32.2. The van der Waals surface area contributed by atoms with Crippen molar-refractivity contribution in [3.05, 3.63) is 65.0 Å². The van der Waals surface area contributed by atoms with Gasteiger partial charge in [0.05, 0.1) is 16.8 Å². The van der Waals surface area contributed by atoms with E-state index in [0.29, 0.717) is 11.1 Å². The Hall–Kier alpha value is -2.67. The molecule has 2 aromatic heterocycles. The Labute approximate surface area is 142 Å². The van der Waals surface area contributed by atoms with Crippen LogP contribution in [0, 0.1) is 10.1 Å². The Kier molecular flexibility index (Phi) is 3.78. The Bertz CT molecular complexity index is 873. The zero-order valence-electron chi connectivity index (χ0n) is 12.7. The van der Waals surface area contributed by atoms with Crippen LogP contribution in [0.25, 0.3) is 11.3 Å². The van der Waals surface area contributed by atoms with Crippen LogP contribution in [0.3, 0.4) is 0 Å². The minimum atomic E-state index is -0.444. The van der Waals surface area contributed by atoms with Gasteiger partial charge in [-0.2, -0.15) is 0 Å². The quantitative estimate of drug-likeness (QED) is 0.511.